The Kier molecular flexibility index (Phi) is 8.42. The number of nitrogens with one attached hydrogen (secondary N) is 2. The predicted molar refractivity (Wildman–Crippen MR) is 155 cm³/mol. The van der Waals surface area contributed by atoms with Gasteiger partial charge in [0.25, 0.3) is 11.8 Å². The van der Waals surface area contributed by atoms with Crippen molar-refractivity contribution in [2.75, 3.05) is 17.2 Å². The summed E-state index contributed by atoms with van der Waals surface area (Å²) >= 11 is 4.12. The van der Waals surface area contributed by atoms with Crippen molar-refractivity contribution < 1.29 is 39.7 Å². The maximum atomic E-state index is 13.4. The number of amides is 3. The van der Waals surface area contributed by atoms with E-state index in [-0.39, 0.29) is 38.3 Å². The van der Waals surface area contributed by atoms with E-state index in [1.165, 1.54) is 17.1 Å². The average molecular weight is 679 g/mol. The van der Waals surface area contributed by atoms with Crippen LogP contribution >= 0.6 is 46.4 Å². The summed E-state index contributed by atoms with van der Waals surface area (Å²) in [5.74, 6) is -5.11. The molecule has 2 aliphatic heterocycles. The van der Waals surface area contributed by atoms with Crippen molar-refractivity contribution >= 4 is 75.2 Å². The molecule has 8 N–H and O–H groups in total. The molecular weight excluding hydrogens is 661 g/mol. The Morgan fingerprint density at radius 2 is 2.05 bits per heavy atom. The van der Waals surface area contributed by atoms with Crippen molar-refractivity contribution in [3.63, 3.8) is 0 Å². The van der Waals surface area contributed by atoms with Gasteiger partial charge >= 0.3 is 5.97 Å². The summed E-state index contributed by atoms with van der Waals surface area (Å²) in [4.78, 5) is 68.6. The first kappa shape index (κ1) is 30.7. The highest BCUT2D eigenvalue weighted by atomic mass is 32.2. The number of carboxylic acid groups (broad SMARTS) is 1. The molecule has 0 aromatic carbocycles. The molecule has 1 fully saturated rings. The Morgan fingerprint density at radius 3 is 2.70 bits per heavy atom. The molecule has 1 unspecified atom stereocenters. The number of fused-ring (bicyclic) bond motifs is 1. The van der Waals surface area contributed by atoms with Gasteiger partial charge in [0.1, 0.15) is 38.6 Å². The monoisotopic (exact) mass is 678 g/mol. The van der Waals surface area contributed by atoms with E-state index in [0.717, 1.165) is 39.5 Å². The fourth-order valence-corrected chi connectivity index (χ4v) is 8.12. The lowest BCUT2D eigenvalue weighted by Crippen LogP contribution is -2.71. The predicted octanol–water partition coefficient (Wildman–Crippen LogP) is -0.134. The van der Waals surface area contributed by atoms with Crippen molar-refractivity contribution in [2.24, 2.45) is 0 Å². The smallest absolute Gasteiger partial charge is 0.352 e. The Balaban J connectivity index is 1.34. The number of carbonyl (C=O) groups excluding carboxylic acids is 3. The molecule has 228 valence electrons. The van der Waals surface area contributed by atoms with Gasteiger partial charge in [-0.3, -0.25) is 24.1 Å². The molecular formula is C23H18N8O9S4. The largest absolute Gasteiger partial charge is 0.503 e. The number of pyridine rings is 1. The fourth-order valence-electron chi connectivity index (χ4n) is 4.24. The summed E-state index contributed by atoms with van der Waals surface area (Å²) in [6.45, 7) is 0. The Bertz CT molecular complexity index is 1840. The van der Waals surface area contributed by atoms with Crippen LogP contribution in [-0.4, -0.2) is 86.1 Å². The van der Waals surface area contributed by atoms with E-state index in [1.807, 2.05) is 6.07 Å². The lowest BCUT2D eigenvalue weighted by Gasteiger charge is -2.49. The normalized spacial score (nSPS) is 18.2. The number of hydrogen-bond acceptors (Lipinski definition) is 16. The molecule has 1 saturated heterocycles. The standard InChI is InChI=1S/C23H18N8O9S4/c24-2-8-16(34)29-44-22(8)42-5-7-4-41-20-14(19(37)31(20)15(7)21(38)39)28-18(36)13(9-6-43-23(25)26-9)27-17(35)10-1-11(32)12(33)3-30(10)40/h1,3,6,13-14,20,33,40H,4-5H2,(H2,25,26)(H,27,35)(H,28,36)(H,29,34)(H,38,39)/t13?,14-,20-/m1/s1. The maximum absolute atomic E-state index is 13.4. The van der Waals surface area contributed by atoms with Gasteiger partial charge in [-0.2, -0.15) is 14.4 Å². The third-order valence-corrected chi connectivity index (χ3v) is 10.5. The van der Waals surface area contributed by atoms with Crippen molar-refractivity contribution in [2.45, 2.75) is 21.7 Å². The SMILES string of the molecule is N#Cc1c(O)nsc1SCC1=C(C(=O)O)N2C(=O)[C@@H](NC(=O)C(NC(=O)c3cc(=O)c(O)cn3O)c3csc(N)n3)[C@H]2SC1. The number of aromatic hydroxyl groups is 2. The zero-order valence-corrected chi connectivity index (χ0v) is 24.9. The second kappa shape index (κ2) is 12.1. The maximum Gasteiger partial charge on any atom is 0.352 e. The molecule has 5 rings (SSSR count). The number of aromatic nitrogens is 3. The van der Waals surface area contributed by atoms with Crippen LogP contribution in [0.25, 0.3) is 0 Å². The van der Waals surface area contributed by atoms with Crippen LogP contribution in [0.4, 0.5) is 5.13 Å². The van der Waals surface area contributed by atoms with Crippen LogP contribution in [0.3, 0.4) is 0 Å². The van der Waals surface area contributed by atoms with Gasteiger partial charge in [-0.25, -0.2) is 9.78 Å². The van der Waals surface area contributed by atoms with Crippen molar-refractivity contribution in [3.05, 3.63) is 56.1 Å². The number of carboxylic acids is 1. The number of nitrogen functional groups attached to an aromatic ring is 1. The number of aliphatic carboxylic acids is 1. The van der Waals surface area contributed by atoms with Gasteiger partial charge in [0, 0.05) is 23.0 Å². The molecule has 17 nitrogen and oxygen atoms in total. The number of thioether (sulfide) groups is 2. The van der Waals surface area contributed by atoms with E-state index >= 15 is 0 Å². The molecule has 44 heavy (non-hydrogen) atoms. The number of hydrogen-bond donors (Lipinski definition) is 7. The first-order valence-corrected chi connectivity index (χ1v) is 15.7. The molecule has 0 aliphatic carbocycles. The number of rotatable bonds is 9. The number of β-lactam (4-membered cyclic amide) rings is 1. The third-order valence-electron chi connectivity index (χ3n) is 6.30. The van der Waals surface area contributed by atoms with Crippen molar-refractivity contribution in [1.82, 2.24) is 29.6 Å². The van der Waals surface area contributed by atoms with Gasteiger partial charge in [-0.05, 0) is 17.1 Å². The van der Waals surface area contributed by atoms with Crippen LogP contribution in [0.5, 0.6) is 11.6 Å². The van der Waals surface area contributed by atoms with E-state index in [2.05, 4.69) is 20.0 Å². The second-order valence-corrected chi connectivity index (χ2v) is 13.0. The quantitative estimate of drug-likeness (QED) is 0.0882. The molecule has 0 radical (unpaired) electrons. The minimum atomic E-state index is -1.55. The molecule has 0 saturated carbocycles. The molecule has 3 aromatic heterocycles. The number of nitriles is 1. The van der Waals surface area contributed by atoms with E-state index in [4.69, 9.17) is 5.73 Å². The molecule has 2 aliphatic rings. The molecule has 3 aromatic rings. The van der Waals surface area contributed by atoms with Gasteiger partial charge in [-0.15, -0.1) is 34.9 Å². The summed E-state index contributed by atoms with van der Waals surface area (Å²) < 4.78 is 4.29. The van der Waals surface area contributed by atoms with Crippen LogP contribution in [0.15, 0.2) is 37.9 Å². The molecule has 0 spiro atoms. The summed E-state index contributed by atoms with van der Waals surface area (Å²) in [6, 6.07) is -0.252. The highest BCUT2D eigenvalue weighted by Gasteiger charge is 2.54. The zero-order valence-electron chi connectivity index (χ0n) is 21.7. The summed E-state index contributed by atoms with van der Waals surface area (Å²) in [5.41, 5.74) is 4.18. The molecule has 3 atom stereocenters. The van der Waals surface area contributed by atoms with Gasteiger partial charge in [0.2, 0.25) is 17.2 Å². The zero-order chi connectivity index (χ0) is 31.9. The molecule has 21 heteroatoms. The van der Waals surface area contributed by atoms with E-state index in [1.54, 1.807) is 0 Å². The highest BCUT2D eigenvalue weighted by Crippen LogP contribution is 2.43. The van der Waals surface area contributed by atoms with Crippen molar-refractivity contribution in [1.29, 1.82) is 5.26 Å². The van der Waals surface area contributed by atoms with Crippen LogP contribution in [0.2, 0.25) is 0 Å². The van der Waals surface area contributed by atoms with E-state index < -0.39 is 63.9 Å². The lowest BCUT2D eigenvalue weighted by molar-refractivity contribution is -0.151. The van der Waals surface area contributed by atoms with Crippen molar-refractivity contribution in [3.8, 4) is 17.7 Å². The van der Waals surface area contributed by atoms with Crippen LogP contribution < -0.4 is 21.8 Å². The highest BCUT2D eigenvalue weighted by molar-refractivity contribution is 8.02. The lowest BCUT2D eigenvalue weighted by atomic mass is 10.0. The van der Waals surface area contributed by atoms with Gasteiger partial charge in [0.05, 0.1) is 11.9 Å². The van der Waals surface area contributed by atoms with Gasteiger partial charge < -0.3 is 36.9 Å². The van der Waals surface area contributed by atoms with Gasteiger partial charge in [0.15, 0.2) is 16.9 Å². The topological polar surface area (TPSA) is 274 Å². The van der Waals surface area contributed by atoms with Crippen LogP contribution in [0, 0.1) is 11.3 Å². The molecule has 0 bridgehead atoms. The summed E-state index contributed by atoms with van der Waals surface area (Å²) in [6.07, 6.45) is 0.596. The number of nitrogens with zero attached hydrogens (tertiary/aromatic N) is 5. The Morgan fingerprint density at radius 1 is 1.30 bits per heavy atom. The van der Waals surface area contributed by atoms with E-state index in [0.29, 0.717) is 22.0 Å². The number of anilines is 1. The number of thiazole rings is 1. The van der Waals surface area contributed by atoms with Crippen LogP contribution in [-0.2, 0) is 14.4 Å². The minimum absolute atomic E-state index is 0.0137. The fraction of sp³-hybridized carbons (Fsp3) is 0.217. The van der Waals surface area contributed by atoms with Crippen LogP contribution in [0.1, 0.15) is 27.8 Å². The first-order chi connectivity index (χ1) is 20.9. The average Bonchev–Trinajstić information content (AvgIpc) is 3.58. The van der Waals surface area contributed by atoms with E-state index in [9.17, 15) is 49.8 Å². The van der Waals surface area contributed by atoms with Gasteiger partial charge in [-0.1, -0.05) is 0 Å². The number of carbonyl (C=O) groups is 4. The summed E-state index contributed by atoms with van der Waals surface area (Å²) in [5, 5.41) is 53.8. The summed E-state index contributed by atoms with van der Waals surface area (Å²) in [7, 11) is 0. The number of nitrogens with two attached hydrogens (primary N) is 1. The first-order valence-electron chi connectivity index (χ1n) is 12.0. The second-order valence-electron chi connectivity index (χ2n) is 8.99. The Labute approximate surface area is 261 Å². The third kappa shape index (κ3) is 5.62. The molecule has 5 heterocycles. The molecule has 3 amide bonds. The minimum Gasteiger partial charge on any atom is -0.503 e. The Hall–Kier alpha value is -4.78.